The van der Waals surface area contributed by atoms with Gasteiger partial charge in [-0.05, 0) is 69.7 Å². The van der Waals surface area contributed by atoms with Crippen LogP contribution in [0, 0.1) is 5.92 Å². The van der Waals surface area contributed by atoms with E-state index in [4.69, 9.17) is 4.74 Å². The quantitative estimate of drug-likeness (QED) is 0.658. The number of amides is 1. The van der Waals surface area contributed by atoms with Gasteiger partial charge in [0, 0.05) is 11.1 Å². The van der Waals surface area contributed by atoms with Crippen LogP contribution >= 0.6 is 0 Å². The Labute approximate surface area is 162 Å². The molecule has 0 spiro atoms. The molecule has 0 radical (unpaired) electrons. The summed E-state index contributed by atoms with van der Waals surface area (Å²) in [5.74, 6) is -0.758. The maximum atomic E-state index is 13.8. The first-order chi connectivity index (χ1) is 13.2. The van der Waals surface area contributed by atoms with Gasteiger partial charge in [-0.3, -0.25) is 4.79 Å². The van der Waals surface area contributed by atoms with E-state index in [2.05, 4.69) is 10.6 Å². The van der Waals surface area contributed by atoms with Gasteiger partial charge < -0.3 is 20.5 Å². The third-order valence-electron chi connectivity index (χ3n) is 5.95. The predicted molar refractivity (Wildman–Crippen MR) is 97.9 cm³/mol. The van der Waals surface area contributed by atoms with Crippen LogP contribution < -0.4 is 15.4 Å². The average molecular weight is 400 g/mol. The maximum absolute atomic E-state index is 13.8. The highest BCUT2D eigenvalue weighted by Crippen LogP contribution is 2.45. The highest BCUT2D eigenvalue weighted by Gasteiger charge is 2.62. The van der Waals surface area contributed by atoms with E-state index in [1.807, 2.05) is 0 Å². The first-order valence-electron chi connectivity index (χ1n) is 9.67. The first kappa shape index (κ1) is 20.9. The molecule has 2 aliphatic rings. The van der Waals surface area contributed by atoms with Crippen molar-refractivity contribution in [1.82, 2.24) is 10.6 Å². The van der Waals surface area contributed by atoms with Crippen molar-refractivity contribution >= 4 is 5.91 Å². The molecule has 0 bridgehead atoms. The Morgan fingerprint density at radius 3 is 2.57 bits per heavy atom. The zero-order chi connectivity index (χ0) is 20.4. The number of piperidine rings is 1. The van der Waals surface area contributed by atoms with E-state index in [-0.39, 0.29) is 5.75 Å². The summed E-state index contributed by atoms with van der Waals surface area (Å²) >= 11 is 0. The topological polar surface area (TPSA) is 70.6 Å². The average Bonchev–Trinajstić information content (AvgIpc) is 3.45. The second-order valence-corrected chi connectivity index (χ2v) is 7.91. The first-order valence-corrected chi connectivity index (χ1v) is 9.67. The van der Waals surface area contributed by atoms with Crippen molar-refractivity contribution in [3.05, 3.63) is 29.8 Å². The fraction of sp³-hybridized carbons (Fsp3) is 0.650. The molecule has 5 nitrogen and oxygen atoms in total. The molecule has 1 aliphatic carbocycles. The molecule has 1 aliphatic heterocycles. The molecular formula is C20H27F3N2O3. The van der Waals surface area contributed by atoms with Crippen LogP contribution in [0.2, 0.25) is 0 Å². The Morgan fingerprint density at radius 1 is 1.32 bits per heavy atom. The summed E-state index contributed by atoms with van der Waals surface area (Å²) in [6, 6.07) is 4.91. The van der Waals surface area contributed by atoms with Crippen LogP contribution in [0.4, 0.5) is 13.2 Å². The third kappa shape index (κ3) is 4.27. The van der Waals surface area contributed by atoms with Crippen LogP contribution in [0.15, 0.2) is 24.3 Å². The van der Waals surface area contributed by atoms with Crippen molar-refractivity contribution in [2.75, 3.05) is 20.2 Å². The lowest BCUT2D eigenvalue weighted by Crippen LogP contribution is -2.57. The molecule has 156 valence electrons. The van der Waals surface area contributed by atoms with Crippen molar-refractivity contribution in [1.29, 1.82) is 0 Å². The van der Waals surface area contributed by atoms with E-state index in [0.29, 0.717) is 25.2 Å². The molecule has 3 rings (SSSR count). The van der Waals surface area contributed by atoms with Crippen LogP contribution in [-0.2, 0) is 10.4 Å². The number of carbonyl (C=O) groups excluding carboxylic acids is 1. The zero-order valence-electron chi connectivity index (χ0n) is 15.9. The molecule has 1 aromatic rings. The summed E-state index contributed by atoms with van der Waals surface area (Å²) in [6.07, 6.45) is -0.304. The van der Waals surface area contributed by atoms with Gasteiger partial charge in [-0.2, -0.15) is 13.2 Å². The molecule has 2 fully saturated rings. The summed E-state index contributed by atoms with van der Waals surface area (Å²) in [5, 5.41) is 16.3. The van der Waals surface area contributed by atoms with Gasteiger partial charge in [-0.15, -0.1) is 0 Å². The zero-order valence-corrected chi connectivity index (χ0v) is 15.9. The number of benzene rings is 1. The Bertz CT molecular complexity index is 700. The Hall–Kier alpha value is -1.80. The van der Waals surface area contributed by atoms with Gasteiger partial charge in [0.15, 0.2) is 0 Å². The SMILES string of the molecule is COc1cccc([C@@](O)(C(=O)NC2(CCC3CCNCC3)CC2)C(F)(F)F)c1. The molecule has 1 atom stereocenters. The summed E-state index contributed by atoms with van der Waals surface area (Å²) in [6.45, 7) is 1.90. The largest absolute Gasteiger partial charge is 0.497 e. The van der Waals surface area contributed by atoms with Gasteiger partial charge in [-0.25, -0.2) is 0 Å². The fourth-order valence-electron chi connectivity index (χ4n) is 3.84. The van der Waals surface area contributed by atoms with E-state index in [1.54, 1.807) is 0 Å². The number of hydrogen-bond acceptors (Lipinski definition) is 4. The van der Waals surface area contributed by atoms with Gasteiger partial charge in [-0.1, -0.05) is 12.1 Å². The smallest absolute Gasteiger partial charge is 0.430 e. The van der Waals surface area contributed by atoms with Crippen LogP contribution in [0.3, 0.4) is 0 Å². The Morgan fingerprint density at radius 2 is 2.00 bits per heavy atom. The van der Waals surface area contributed by atoms with Gasteiger partial charge in [0.05, 0.1) is 7.11 Å². The summed E-state index contributed by atoms with van der Waals surface area (Å²) in [5.41, 5.74) is -4.81. The number of nitrogens with one attached hydrogen (secondary N) is 2. The van der Waals surface area contributed by atoms with Crippen molar-refractivity contribution in [2.45, 2.75) is 55.8 Å². The summed E-state index contributed by atoms with van der Waals surface area (Å²) < 4.78 is 46.3. The number of methoxy groups -OCH3 is 1. The Balaban J connectivity index is 1.74. The highest BCUT2D eigenvalue weighted by atomic mass is 19.4. The van der Waals surface area contributed by atoms with Crippen molar-refractivity contribution in [3.8, 4) is 5.75 Å². The fourth-order valence-corrected chi connectivity index (χ4v) is 3.84. The molecule has 0 aromatic heterocycles. The van der Waals surface area contributed by atoms with E-state index >= 15 is 0 Å². The monoisotopic (exact) mass is 400 g/mol. The summed E-state index contributed by atoms with van der Waals surface area (Å²) in [4.78, 5) is 12.7. The lowest BCUT2D eigenvalue weighted by Gasteiger charge is -2.32. The van der Waals surface area contributed by atoms with Gasteiger partial charge in [0.2, 0.25) is 0 Å². The normalized spacial score (nSPS) is 21.6. The van der Waals surface area contributed by atoms with Gasteiger partial charge >= 0.3 is 6.18 Å². The van der Waals surface area contributed by atoms with E-state index in [1.165, 1.54) is 19.2 Å². The van der Waals surface area contributed by atoms with Crippen LogP contribution in [0.5, 0.6) is 5.75 Å². The second kappa shape index (κ2) is 7.91. The van der Waals surface area contributed by atoms with E-state index in [0.717, 1.165) is 44.5 Å². The van der Waals surface area contributed by atoms with Crippen LogP contribution in [0.1, 0.15) is 44.1 Å². The van der Waals surface area contributed by atoms with Crippen molar-refractivity contribution < 1.29 is 27.8 Å². The lowest BCUT2D eigenvalue weighted by molar-refractivity contribution is -0.257. The number of carbonyl (C=O) groups is 1. The molecule has 28 heavy (non-hydrogen) atoms. The van der Waals surface area contributed by atoms with Crippen LogP contribution in [0.25, 0.3) is 0 Å². The predicted octanol–water partition coefficient (Wildman–Crippen LogP) is 2.87. The molecule has 0 unspecified atom stereocenters. The molecular weight excluding hydrogens is 373 g/mol. The number of halogens is 3. The third-order valence-corrected chi connectivity index (χ3v) is 5.95. The minimum atomic E-state index is -5.16. The van der Waals surface area contributed by atoms with Crippen LogP contribution in [-0.4, -0.2) is 42.9 Å². The second-order valence-electron chi connectivity index (χ2n) is 7.91. The standard InChI is InChI=1S/C20H27F3N2O3/c1-28-16-4-2-3-15(13-16)19(27,20(21,22)23)17(26)25-18(9-10-18)8-5-14-6-11-24-12-7-14/h2-4,13-14,24,27H,5-12H2,1H3,(H,25,26)/t19-/m1/s1. The molecule has 1 amide bonds. The maximum Gasteiger partial charge on any atom is 0.430 e. The highest BCUT2D eigenvalue weighted by molar-refractivity contribution is 5.88. The lowest BCUT2D eigenvalue weighted by atomic mass is 9.89. The van der Waals surface area contributed by atoms with Crippen molar-refractivity contribution in [2.24, 2.45) is 5.92 Å². The molecule has 3 N–H and O–H groups in total. The minimum Gasteiger partial charge on any atom is -0.497 e. The molecule has 8 heteroatoms. The minimum absolute atomic E-state index is 0.139. The number of ether oxygens (including phenoxy) is 1. The summed E-state index contributed by atoms with van der Waals surface area (Å²) in [7, 11) is 1.31. The van der Waals surface area contributed by atoms with Crippen molar-refractivity contribution in [3.63, 3.8) is 0 Å². The number of rotatable bonds is 7. The molecule has 1 heterocycles. The van der Waals surface area contributed by atoms with Gasteiger partial charge in [0.25, 0.3) is 11.5 Å². The molecule has 1 saturated carbocycles. The molecule has 1 aromatic carbocycles. The number of hydrogen-bond donors (Lipinski definition) is 3. The van der Waals surface area contributed by atoms with E-state index in [9.17, 15) is 23.1 Å². The molecule has 1 saturated heterocycles. The van der Waals surface area contributed by atoms with Gasteiger partial charge in [0.1, 0.15) is 5.75 Å². The number of aliphatic hydroxyl groups is 1. The Kier molecular flexibility index (Phi) is 5.91. The number of alkyl halides is 3. The van der Waals surface area contributed by atoms with E-state index < -0.39 is 28.8 Å².